The number of fused-ring (bicyclic) bond motifs is 1. The lowest BCUT2D eigenvalue weighted by atomic mass is 10.2. The predicted molar refractivity (Wildman–Crippen MR) is 82.1 cm³/mol. The highest BCUT2D eigenvalue weighted by Crippen LogP contribution is 2.48. The van der Waals surface area contributed by atoms with Crippen LogP contribution in [0.3, 0.4) is 0 Å². The lowest BCUT2D eigenvalue weighted by Gasteiger charge is -2.09. The zero-order valence-corrected chi connectivity index (χ0v) is 13.8. The molecule has 1 aliphatic rings. The summed E-state index contributed by atoms with van der Waals surface area (Å²) in [6.45, 7) is 0.344. The van der Waals surface area contributed by atoms with Crippen molar-refractivity contribution < 1.29 is 26.7 Å². The van der Waals surface area contributed by atoms with Crippen LogP contribution in [0, 0.1) is 11.7 Å². The van der Waals surface area contributed by atoms with Gasteiger partial charge >= 0.3 is 5.92 Å². The number of hydrogen-bond donors (Lipinski definition) is 0. The van der Waals surface area contributed by atoms with Crippen LogP contribution in [0.1, 0.15) is 19.2 Å². The van der Waals surface area contributed by atoms with Crippen molar-refractivity contribution in [3.05, 3.63) is 36.3 Å². The van der Waals surface area contributed by atoms with Crippen LogP contribution in [0.25, 0.3) is 16.9 Å². The average molecular weight is 385 g/mol. The van der Waals surface area contributed by atoms with Crippen LogP contribution in [0.15, 0.2) is 24.7 Å². The number of halogens is 5. The van der Waals surface area contributed by atoms with Crippen molar-refractivity contribution in [2.24, 2.45) is 5.92 Å². The fourth-order valence-electron chi connectivity index (χ4n) is 2.55. The van der Waals surface area contributed by atoms with E-state index in [-0.39, 0.29) is 29.9 Å². The van der Waals surface area contributed by atoms with E-state index in [1.807, 2.05) is 0 Å². The summed E-state index contributed by atoms with van der Waals surface area (Å²) in [6, 6.07) is 1.04. The maximum absolute atomic E-state index is 14.2. The van der Waals surface area contributed by atoms with E-state index in [0.717, 1.165) is 10.5 Å². The number of rotatable bonds is 5. The van der Waals surface area contributed by atoms with Gasteiger partial charge in [-0.25, -0.2) is 18.2 Å². The van der Waals surface area contributed by atoms with Crippen molar-refractivity contribution in [3.8, 4) is 17.1 Å². The van der Waals surface area contributed by atoms with Crippen molar-refractivity contribution in [2.45, 2.75) is 25.2 Å². The summed E-state index contributed by atoms with van der Waals surface area (Å²) in [5.41, 5.74) is 0.450. The third kappa shape index (κ3) is 3.28. The van der Waals surface area contributed by atoms with E-state index < -0.39 is 35.3 Å². The molecule has 0 N–H and O–H groups in total. The van der Waals surface area contributed by atoms with Gasteiger partial charge in [-0.15, -0.1) is 10.2 Å². The van der Waals surface area contributed by atoms with Gasteiger partial charge in [-0.3, -0.25) is 9.38 Å². The second kappa shape index (κ2) is 5.83. The summed E-state index contributed by atoms with van der Waals surface area (Å²) in [5.74, 6) is -8.81. The van der Waals surface area contributed by atoms with E-state index in [2.05, 4.69) is 20.2 Å². The van der Waals surface area contributed by atoms with Crippen LogP contribution in [0.5, 0.6) is 5.88 Å². The predicted octanol–water partition coefficient (Wildman–Crippen LogP) is 3.47. The quantitative estimate of drug-likeness (QED) is 0.630. The molecule has 142 valence electrons. The van der Waals surface area contributed by atoms with Crippen LogP contribution in [-0.4, -0.2) is 37.1 Å². The third-order valence-electron chi connectivity index (χ3n) is 4.17. The standard InChI is InChI=1S/C16H12F5N5O/c1-15(18,19)14-25-24-12-5-22-11(6-26(12)14)8-2-10(17)13(23-4-8)27-7-9-3-16(9,20)21/h2,4-6,9H,3,7H2,1H3. The zero-order valence-electron chi connectivity index (χ0n) is 13.8. The Hall–Kier alpha value is -2.85. The van der Waals surface area contributed by atoms with Crippen LogP contribution >= 0.6 is 0 Å². The van der Waals surface area contributed by atoms with Gasteiger partial charge in [-0.2, -0.15) is 8.78 Å². The van der Waals surface area contributed by atoms with Gasteiger partial charge in [0.15, 0.2) is 11.5 Å². The maximum atomic E-state index is 14.2. The molecule has 0 aliphatic heterocycles. The van der Waals surface area contributed by atoms with E-state index in [9.17, 15) is 22.0 Å². The molecule has 0 saturated heterocycles. The molecule has 1 atom stereocenters. The number of nitrogens with zero attached hydrogens (tertiary/aromatic N) is 5. The van der Waals surface area contributed by atoms with Crippen molar-refractivity contribution in [1.29, 1.82) is 0 Å². The summed E-state index contributed by atoms with van der Waals surface area (Å²) in [7, 11) is 0. The first-order chi connectivity index (χ1) is 12.6. The van der Waals surface area contributed by atoms with Gasteiger partial charge in [-0.1, -0.05) is 0 Å². The molecule has 11 heteroatoms. The van der Waals surface area contributed by atoms with E-state index in [1.54, 1.807) is 0 Å². The highest BCUT2D eigenvalue weighted by molar-refractivity contribution is 5.59. The Morgan fingerprint density at radius 3 is 2.63 bits per heavy atom. The number of ether oxygens (including phenoxy) is 1. The Morgan fingerprint density at radius 2 is 2.00 bits per heavy atom. The fourth-order valence-corrected chi connectivity index (χ4v) is 2.55. The minimum absolute atomic E-state index is 0.106. The van der Waals surface area contributed by atoms with E-state index in [0.29, 0.717) is 6.92 Å². The fraction of sp³-hybridized carbons (Fsp3) is 0.375. The Labute approximate surface area is 149 Å². The van der Waals surface area contributed by atoms with Gasteiger partial charge in [0, 0.05) is 31.3 Å². The van der Waals surface area contributed by atoms with Gasteiger partial charge in [0.1, 0.15) is 0 Å². The number of pyridine rings is 1. The van der Waals surface area contributed by atoms with Gasteiger partial charge in [0.05, 0.1) is 24.4 Å². The normalized spacial score (nSPS) is 18.7. The van der Waals surface area contributed by atoms with E-state index in [1.165, 1.54) is 18.6 Å². The number of alkyl halides is 4. The molecule has 4 rings (SSSR count). The highest BCUT2D eigenvalue weighted by atomic mass is 19.3. The minimum Gasteiger partial charge on any atom is -0.475 e. The molecule has 0 aromatic carbocycles. The average Bonchev–Trinajstić information content (AvgIpc) is 3.01. The molecule has 27 heavy (non-hydrogen) atoms. The van der Waals surface area contributed by atoms with Crippen molar-refractivity contribution in [2.75, 3.05) is 6.61 Å². The Morgan fingerprint density at radius 1 is 1.26 bits per heavy atom. The molecular formula is C16H12F5N5O. The Balaban J connectivity index is 1.60. The summed E-state index contributed by atoms with van der Waals surface area (Å²) in [6.07, 6.45) is 3.38. The first-order valence-electron chi connectivity index (χ1n) is 7.91. The van der Waals surface area contributed by atoms with Crippen LogP contribution in [0.4, 0.5) is 22.0 Å². The van der Waals surface area contributed by atoms with Crippen LogP contribution in [0.2, 0.25) is 0 Å². The van der Waals surface area contributed by atoms with Crippen molar-refractivity contribution in [1.82, 2.24) is 24.6 Å². The molecule has 1 saturated carbocycles. The van der Waals surface area contributed by atoms with Crippen molar-refractivity contribution >= 4 is 5.65 Å². The van der Waals surface area contributed by atoms with Crippen LogP contribution in [-0.2, 0) is 5.92 Å². The monoisotopic (exact) mass is 385 g/mol. The SMILES string of the molecule is CC(F)(F)c1nnc2cnc(-c3cnc(OCC4CC4(F)F)c(F)c3)cn12. The summed E-state index contributed by atoms with van der Waals surface area (Å²) in [4.78, 5) is 7.80. The molecule has 1 fully saturated rings. The summed E-state index contributed by atoms with van der Waals surface area (Å²) >= 11 is 0. The Kier molecular flexibility index (Phi) is 3.79. The van der Waals surface area contributed by atoms with Gasteiger partial charge < -0.3 is 4.74 Å². The molecule has 1 aliphatic carbocycles. The van der Waals surface area contributed by atoms with E-state index in [4.69, 9.17) is 4.74 Å². The lowest BCUT2D eigenvalue weighted by Crippen LogP contribution is -2.12. The number of hydrogen-bond acceptors (Lipinski definition) is 5. The molecule has 1 unspecified atom stereocenters. The molecule has 0 spiro atoms. The maximum Gasteiger partial charge on any atom is 0.304 e. The first-order valence-corrected chi connectivity index (χ1v) is 7.91. The van der Waals surface area contributed by atoms with Gasteiger partial charge in [0.25, 0.3) is 5.92 Å². The Bertz CT molecular complexity index is 1020. The molecule has 3 aromatic rings. The second-order valence-corrected chi connectivity index (χ2v) is 6.40. The highest BCUT2D eigenvalue weighted by Gasteiger charge is 2.57. The smallest absolute Gasteiger partial charge is 0.304 e. The molecule has 6 nitrogen and oxygen atoms in total. The molecule has 0 amide bonds. The van der Waals surface area contributed by atoms with E-state index >= 15 is 0 Å². The second-order valence-electron chi connectivity index (χ2n) is 6.40. The largest absolute Gasteiger partial charge is 0.475 e. The summed E-state index contributed by atoms with van der Waals surface area (Å²) < 4.78 is 73.1. The molecule has 0 bridgehead atoms. The van der Waals surface area contributed by atoms with Crippen LogP contribution < -0.4 is 4.74 Å². The lowest BCUT2D eigenvalue weighted by molar-refractivity contribution is 0.00667. The molecular weight excluding hydrogens is 373 g/mol. The summed E-state index contributed by atoms with van der Waals surface area (Å²) in [5, 5.41) is 7.05. The van der Waals surface area contributed by atoms with Gasteiger partial charge in [0.2, 0.25) is 11.7 Å². The number of aromatic nitrogens is 5. The third-order valence-corrected chi connectivity index (χ3v) is 4.17. The van der Waals surface area contributed by atoms with Gasteiger partial charge in [-0.05, 0) is 6.07 Å². The zero-order chi connectivity index (χ0) is 19.4. The molecule has 3 aromatic heterocycles. The topological polar surface area (TPSA) is 65.2 Å². The molecule has 0 radical (unpaired) electrons. The molecule has 3 heterocycles. The van der Waals surface area contributed by atoms with Crippen molar-refractivity contribution in [3.63, 3.8) is 0 Å². The minimum atomic E-state index is -3.23. The first kappa shape index (κ1) is 17.6.